The van der Waals surface area contributed by atoms with Crippen LogP contribution >= 0.6 is 0 Å². The highest BCUT2D eigenvalue weighted by Gasteiger charge is 2.24. The normalized spacial score (nSPS) is 21.8. The van der Waals surface area contributed by atoms with Crippen molar-refractivity contribution in [1.29, 1.82) is 0 Å². The largest absolute Gasteiger partial charge is 0.349 e. The van der Waals surface area contributed by atoms with Crippen LogP contribution in [0.25, 0.3) is 0 Å². The molecule has 1 aromatic carbocycles. The number of aldehydes is 1. The molecule has 1 aliphatic heterocycles. The molecule has 1 unspecified atom stereocenters. The Bertz CT molecular complexity index is 286. The smallest absolute Gasteiger partial charge is 0.186 e. The molecule has 1 aliphatic rings. The van der Waals surface area contributed by atoms with Crippen molar-refractivity contribution in [3.05, 3.63) is 30.3 Å². The molecule has 1 heterocycles. The van der Waals surface area contributed by atoms with Gasteiger partial charge in [-0.25, -0.2) is 0 Å². The highest BCUT2D eigenvalue weighted by Crippen LogP contribution is 2.19. The van der Waals surface area contributed by atoms with Gasteiger partial charge in [-0.2, -0.15) is 0 Å². The maximum absolute atomic E-state index is 10.6. The lowest BCUT2D eigenvalue weighted by Crippen LogP contribution is -2.30. The van der Waals surface area contributed by atoms with Crippen molar-refractivity contribution in [2.75, 3.05) is 18.1 Å². The Kier molecular flexibility index (Phi) is 2.27. The zero-order chi connectivity index (χ0) is 9.10. The van der Waals surface area contributed by atoms with Crippen molar-refractivity contribution >= 4 is 12.0 Å². The summed E-state index contributed by atoms with van der Waals surface area (Å²) in [5.74, 6) is 0. The summed E-state index contributed by atoms with van der Waals surface area (Å²) in [6.07, 6.45) is 0.433. The minimum atomic E-state index is -0.401. The van der Waals surface area contributed by atoms with Crippen LogP contribution in [0.2, 0.25) is 0 Å². The van der Waals surface area contributed by atoms with Crippen LogP contribution in [-0.4, -0.2) is 25.7 Å². The van der Waals surface area contributed by atoms with Crippen LogP contribution in [-0.2, 0) is 9.53 Å². The molecule has 0 aromatic heterocycles. The van der Waals surface area contributed by atoms with Crippen molar-refractivity contribution in [2.45, 2.75) is 6.23 Å². The third-order valence-corrected chi connectivity index (χ3v) is 2.13. The van der Waals surface area contributed by atoms with Gasteiger partial charge in [0, 0.05) is 12.2 Å². The van der Waals surface area contributed by atoms with Crippen molar-refractivity contribution in [3.63, 3.8) is 0 Å². The van der Waals surface area contributed by atoms with E-state index in [1.165, 1.54) is 0 Å². The Labute approximate surface area is 76.9 Å². The number of rotatable bonds is 2. The highest BCUT2D eigenvalue weighted by molar-refractivity contribution is 5.65. The van der Waals surface area contributed by atoms with Gasteiger partial charge in [-0.3, -0.25) is 4.79 Å². The third kappa shape index (κ3) is 1.55. The molecular weight excluding hydrogens is 166 g/mol. The van der Waals surface area contributed by atoms with Crippen molar-refractivity contribution in [1.82, 2.24) is 0 Å². The average Bonchev–Trinajstić information content (AvgIpc) is 2.67. The van der Waals surface area contributed by atoms with Gasteiger partial charge < -0.3 is 9.64 Å². The molecule has 68 valence electrons. The first-order chi connectivity index (χ1) is 6.42. The van der Waals surface area contributed by atoms with Crippen molar-refractivity contribution in [3.8, 4) is 0 Å². The zero-order valence-corrected chi connectivity index (χ0v) is 7.22. The molecule has 1 fully saturated rings. The van der Waals surface area contributed by atoms with Gasteiger partial charge in [0.2, 0.25) is 0 Å². The lowest BCUT2D eigenvalue weighted by Gasteiger charge is -2.20. The van der Waals surface area contributed by atoms with Crippen molar-refractivity contribution < 1.29 is 9.53 Å². The summed E-state index contributed by atoms with van der Waals surface area (Å²) in [4.78, 5) is 12.6. The second-order valence-corrected chi connectivity index (χ2v) is 2.93. The van der Waals surface area contributed by atoms with E-state index in [-0.39, 0.29) is 0 Å². The fraction of sp³-hybridized carbons (Fsp3) is 0.300. The number of benzene rings is 1. The number of anilines is 1. The monoisotopic (exact) mass is 177 g/mol. The number of hydrogen-bond acceptors (Lipinski definition) is 3. The minimum absolute atomic E-state index is 0.401. The van der Waals surface area contributed by atoms with E-state index in [9.17, 15) is 4.79 Å². The summed E-state index contributed by atoms with van der Waals surface area (Å²) in [7, 11) is 0. The first-order valence-corrected chi connectivity index (χ1v) is 4.30. The Balaban J connectivity index is 2.21. The van der Waals surface area contributed by atoms with Gasteiger partial charge in [0.1, 0.15) is 0 Å². The standard InChI is InChI=1S/C10H11NO2/c12-8-10-11(6-7-13-10)9-4-2-1-3-5-9/h1-5,8,10H,6-7H2. The third-order valence-electron chi connectivity index (χ3n) is 2.13. The van der Waals surface area contributed by atoms with E-state index in [1.807, 2.05) is 35.2 Å². The Morgan fingerprint density at radius 2 is 2.15 bits per heavy atom. The van der Waals surface area contributed by atoms with Gasteiger partial charge in [-0.05, 0) is 12.1 Å². The van der Waals surface area contributed by atoms with E-state index in [2.05, 4.69) is 0 Å². The van der Waals surface area contributed by atoms with E-state index in [0.717, 1.165) is 18.5 Å². The number of nitrogens with zero attached hydrogens (tertiary/aromatic N) is 1. The molecule has 1 aromatic rings. The maximum Gasteiger partial charge on any atom is 0.186 e. The van der Waals surface area contributed by atoms with Gasteiger partial charge in [0.25, 0.3) is 0 Å². The molecule has 3 nitrogen and oxygen atoms in total. The molecule has 0 amide bonds. The second-order valence-electron chi connectivity index (χ2n) is 2.93. The van der Waals surface area contributed by atoms with Gasteiger partial charge in [0.05, 0.1) is 6.61 Å². The number of carbonyl (C=O) groups excluding carboxylic acids is 1. The van der Waals surface area contributed by atoms with E-state index < -0.39 is 6.23 Å². The van der Waals surface area contributed by atoms with Crippen molar-refractivity contribution in [2.24, 2.45) is 0 Å². The second kappa shape index (κ2) is 3.58. The summed E-state index contributed by atoms with van der Waals surface area (Å²) in [5, 5.41) is 0. The van der Waals surface area contributed by atoms with Crippen LogP contribution in [0.15, 0.2) is 30.3 Å². The summed E-state index contributed by atoms with van der Waals surface area (Å²) in [6, 6.07) is 9.82. The van der Waals surface area contributed by atoms with Crippen LogP contribution in [0.4, 0.5) is 5.69 Å². The van der Waals surface area contributed by atoms with Crippen LogP contribution in [0.1, 0.15) is 0 Å². The molecule has 1 saturated heterocycles. The number of ether oxygens (including phenoxy) is 1. The average molecular weight is 177 g/mol. The fourth-order valence-corrected chi connectivity index (χ4v) is 1.50. The molecule has 3 heteroatoms. The molecule has 0 N–H and O–H groups in total. The maximum atomic E-state index is 10.6. The first-order valence-electron chi connectivity index (χ1n) is 4.30. The molecule has 1 atom stereocenters. The van der Waals surface area contributed by atoms with Gasteiger partial charge in [-0.1, -0.05) is 18.2 Å². The summed E-state index contributed by atoms with van der Waals surface area (Å²) in [6.45, 7) is 1.41. The van der Waals surface area contributed by atoms with E-state index >= 15 is 0 Å². The Hall–Kier alpha value is -1.35. The number of para-hydroxylation sites is 1. The molecular formula is C10H11NO2. The fourth-order valence-electron chi connectivity index (χ4n) is 1.50. The lowest BCUT2D eigenvalue weighted by atomic mass is 10.3. The SMILES string of the molecule is O=CC1OCCN1c1ccccc1. The highest BCUT2D eigenvalue weighted by atomic mass is 16.5. The molecule has 0 bridgehead atoms. The van der Waals surface area contributed by atoms with Crippen LogP contribution in [0, 0.1) is 0 Å². The molecule has 13 heavy (non-hydrogen) atoms. The molecule has 0 radical (unpaired) electrons. The quantitative estimate of drug-likeness (QED) is 0.632. The van der Waals surface area contributed by atoms with Crippen LogP contribution in [0.3, 0.4) is 0 Å². The number of hydrogen-bond donors (Lipinski definition) is 0. The topological polar surface area (TPSA) is 29.5 Å². The predicted molar refractivity (Wildman–Crippen MR) is 49.6 cm³/mol. The van der Waals surface area contributed by atoms with Gasteiger partial charge in [-0.15, -0.1) is 0 Å². The summed E-state index contributed by atoms with van der Waals surface area (Å²) < 4.78 is 5.23. The van der Waals surface area contributed by atoms with Crippen LogP contribution < -0.4 is 4.90 Å². The molecule has 0 aliphatic carbocycles. The van der Waals surface area contributed by atoms with Crippen LogP contribution in [0.5, 0.6) is 0 Å². The molecule has 0 saturated carbocycles. The number of carbonyl (C=O) groups is 1. The Morgan fingerprint density at radius 3 is 2.85 bits per heavy atom. The Morgan fingerprint density at radius 1 is 1.38 bits per heavy atom. The predicted octanol–water partition coefficient (Wildman–Crippen LogP) is 1.05. The molecule has 0 spiro atoms. The van der Waals surface area contributed by atoms with E-state index in [0.29, 0.717) is 6.61 Å². The zero-order valence-electron chi connectivity index (χ0n) is 7.22. The summed E-state index contributed by atoms with van der Waals surface area (Å²) >= 11 is 0. The minimum Gasteiger partial charge on any atom is -0.349 e. The van der Waals surface area contributed by atoms with E-state index in [1.54, 1.807) is 0 Å². The lowest BCUT2D eigenvalue weighted by molar-refractivity contribution is -0.115. The van der Waals surface area contributed by atoms with Gasteiger partial charge in [0.15, 0.2) is 12.5 Å². The van der Waals surface area contributed by atoms with Gasteiger partial charge >= 0.3 is 0 Å². The molecule has 2 rings (SSSR count). The van der Waals surface area contributed by atoms with E-state index in [4.69, 9.17) is 4.74 Å². The summed E-state index contributed by atoms with van der Waals surface area (Å²) in [5.41, 5.74) is 1.04. The first kappa shape index (κ1) is 8.26.